The molecule has 3 atom stereocenters. The molecule has 4 rings (SSSR count). The molecule has 2 aromatic heterocycles. The third-order valence-corrected chi connectivity index (χ3v) is 6.48. The monoisotopic (exact) mass is 460 g/mol. The molecular weight excluding hydrogens is 426 g/mol. The first-order valence-electron chi connectivity index (χ1n) is 12.8. The number of carbonyl (C=O) groups is 2. The minimum absolute atomic E-state index is 0.166. The van der Waals surface area contributed by atoms with Gasteiger partial charge in [0, 0.05) is 17.1 Å². The Morgan fingerprint density at radius 3 is 2.82 bits per heavy atom. The zero-order valence-electron chi connectivity index (χ0n) is 21.8. The van der Waals surface area contributed by atoms with E-state index < -0.39 is 31.0 Å². The third kappa shape index (κ3) is 5.46. The number of aromatic nitrogens is 2. The highest BCUT2D eigenvalue weighted by molar-refractivity contribution is 5.70. The summed E-state index contributed by atoms with van der Waals surface area (Å²) in [4.78, 5) is 29.2. The first-order valence-corrected chi connectivity index (χ1v) is 11.3. The quantitative estimate of drug-likeness (QED) is 0.615. The molecule has 9 heteroatoms. The van der Waals surface area contributed by atoms with Gasteiger partial charge in [-0.1, -0.05) is 5.16 Å². The maximum Gasteiger partial charge on any atom is 0.410 e. The van der Waals surface area contributed by atoms with E-state index in [1.165, 1.54) is 6.20 Å². The van der Waals surface area contributed by atoms with Crippen LogP contribution >= 0.6 is 0 Å². The normalized spacial score (nSPS) is 23.0. The molecular formula is C24H31N3O6. The summed E-state index contributed by atoms with van der Waals surface area (Å²) in [5.41, 5.74) is 1.43. The number of pyridine rings is 1. The van der Waals surface area contributed by atoms with Gasteiger partial charge >= 0.3 is 12.1 Å². The molecule has 0 aliphatic heterocycles. The minimum Gasteiger partial charge on any atom is -0.489 e. The SMILES string of the molecule is [2H]C([2H])([2H])N(C(=O)OCc1c(C)noc1-c1ccc(O[C@H]2CCC[C@H](C(=O)O)C2)cn1)[C@H](C)C1CC1. The van der Waals surface area contributed by atoms with Gasteiger partial charge in [-0.25, -0.2) is 9.78 Å². The fraction of sp³-hybridized carbons (Fsp3) is 0.583. The lowest BCUT2D eigenvalue weighted by atomic mass is 9.87. The summed E-state index contributed by atoms with van der Waals surface area (Å²) in [6, 6.07) is 2.95. The second-order valence-electron chi connectivity index (χ2n) is 8.90. The van der Waals surface area contributed by atoms with Gasteiger partial charge in [0.05, 0.1) is 29.5 Å². The first kappa shape index (κ1) is 19.4. The van der Waals surface area contributed by atoms with E-state index in [1.54, 1.807) is 26.0 Å². The second-order valence-corrected chi connectivity index (χ2v) is 8.90. The lowest BCUT2D eigenvalue weighted by molar-refractivity contribution is -0.143. The van der Waals surface area contributed by atoms with Crippen LogP contribution in [0.3, 0.4) is 0 Å². The Hall–Kier alpha value is -3.10. The molecule has 2 saturated carbocycles. The van der Waals surface area contributed by atoms with Crippen molar-refractivity contribution in [3.63, 3.8) is 0 Å². The van der Waals surface area contributed by atoms with E-state index in [2.05, 4.69) is 10.1 Å². The maximum atomic E-state index is 12.7. The van der Waals surface area contributed by atoms with Crippen LogP contribution in [0.5, 0.6) is 5.75 Å². The number of amides is 1. The Kier molecular flexibility index (Phi) is 5.76. The van der Waals surface area contributed by atoms with Crippen LogP contribution in [0, 0.1) is 18.8 Å². The van der Waals surface area contributed by atoms with Crippen LogP contribution < -0.4 is 4.74 Å². The summed E-state index contributed by atoms with van der Waals surface area (Å²) in [6.07, 6.45) is 4.92. The maximum absolute atomic E-state index is 12.7. The molecule has 2 aliphatic carbocycles. The number of hydrogen-bond acceptors (Lipinski definition) is 7. The third-order valence-electron chi connectivity index (χ3n) is 6.48. The minimum atomic E-state index is -2.61. The Balaban J connectivity index is 1.42. The second kappa shape index (κ2) is 9.80. The largest absolute Gasteiger partial charge is 0.489 e. The molecule has 0 spiro atoms. The van der Waals surface area contributed by atoms with Crippen LogP contribution in [0.2, 0.25) is 0 Å². The van der Waals surface area contributed by atoms with Gasteiger partial charge in [0.25, 0.3) is 0 Å². The Morgan fingerprint density at radius 2 is 2.15 bits per heavy atom. The van der Waals surface area contributed by atoms with Crippen LogP contribution in [0.25, 0.3) is 11.5 Å². The van der Waals surface area contributed by atoms with Crippen molar-refractivity contribution in [1.29, 1.82) is 0 Å². The van der Waals surface area contributed by atoms with Gasteiger partial charge in [-0.15, -0.1) is 0 Å². The van der Waals surface area contributed by atoms with Crippen molar-refractivity contribution in [3.8, 4) is 17.2 Å². The molecule has 2 aromatic rings. The molecule has 9 nitrogen and oxygen atoms in total. The number of carboxylic acid groups (broad SMARTS) is 1. The van der Waals surface area contributed by atoms with Gasteiger partial charge in [0.15, 0.2) is 5.76 Å². The van der Waals surface area contributed by atoms with E-state index in [1.807, 2.05) is 0 Å². The summed E-state index contributed by atoms with van der Waals surface area (Å²) in [5.74, 6) is -0.200. The smallest absolute Gasteiger partial charge is 0.410 e. The van der Waals surface area contributed by atoms with E-state index in [0.717, 1.165) is 30.6 Å². The molecule has 2 fully saturated rings. The summed E-state index contributed by atoms with van der Waals surface area (Å²) in [5, 5.41) is 13.2. The van der Waals surface area contributed by atoms with E-state index in [-0.39, 0.29) is 18.6 Å². The molecule has 0 bridgehead atoms. The number of nitrogens with zero attached hydrogens (tertiary/aromatic N) is 3. The van der Waals surface area contributed by atoms with Crippen LogP contribution in [-0.2, 0) is 16.1 Å². The molecule has 33 heavy (non-hydrogen) atoms. The van der Waals surface area contributed by atoms with Gasteiger partial charge < -0.3 is 24.0 Å². The zero-order chi connectivity index (χ0) is 26.0. The summed E-state index contributed by atoms with van der Waals surface area (Å²) < 4.78 is 40.1. The first-order chi connectivity index (χ1) is 17.0. The number of ether oxygens (including phenoxy) is 2. The molecule has 0 unspecified atom stereocenters. The average molecular weight is 461 g/mol. The Morgan fingerprint density at radius 1 is 1.33 bits per heavy atom. The van der Waals surface area contributed by atoms with Crippen molar-refractivity contribution in [2.75, 3.05) is 6.98 Å². The summed E-state index contributed by atoms with van der Waals surface area (Å²) in [6.45, 7) is 0.603. The fourth-order valence-corrected chi connectivity index (χ4v) is 4.17. The van der Waals surface area contributed by atoms with E-state index >= 15 is 0 Å². The molecule has 178 valence electrons. The highest BCUT2D eigenvalue weighted by Gasteiger charge is 2.33. The van der Waals surface area contributed by atoms with Crippen molar-refractivity contribution >= 4 is 12.1 Å². The standard InChI is InChI=1S/C24H31N3O6/c1-14-20(13-31-24(30)27(3)15(2)16-7-8-16)22(33-26-14)21-10-9-19(12-25-21)32-18-6-4-5-17(11-18)23(28)29/h9-10,12,15-18H,4-8,11,13H2,1-3H3,(H,28,29)/t15-,17+,18+/m1/s1/i3D3. The van der Waals surface area contributed by atoms with Crippen molar-refractivity contribution in [3.05, 3.63) is 29.6 Å². The van der Waals surface area contributed by atoms with Crippen LogP contribution in [-0.4, -0.2) is 51.3 Å². The summed E-state index contributed by atoms with van der Waals surface area (Å²) >= 11 is 0. The lowest BCUT2D eigenvalue weighted by Gasteiger charge is -2.27. The van der Waals surface area contributed by atoms with E-state index in [9.17, 15) is 14.7 Å². The van der Waals surface area contributed by atoms with Crippen molar-refractivity contribution in [2.24, 2.45) is 11.8 Å². The Bertz CT molecular complexity index is 1080. The molecule has 0 aromatic carbocycles. The summed E-state index contributed by atoms with van der Waals surface area (Å²) in [7, 11) is 0. The number of aliphatic carboxylic acids is 1. The molecule has 0 saturated heterocycles. The van der Waals surface area contributed by atoms with Crippen LogP contribution in [0.1, 0.15) is 60.8 Å². The Labute approximate surface area is 197 Å². The predicted molar refractivity (Wildman–Crippen MR) is 119 cm³/mol. The van der Waals surface area contributed by atoms with Crippen molar-refractivity contribution in [2.45, 2.75) is 71.1 Å². The van der Waals surface area contributed by atoms with Crippen LogP contribution in [0.4, 0.5) is 4.79 Å². The van der Waals surface area contributed by atoms with Crippen LogP contribution in [0.15, 0.2) is 22.9 Å². The highest BCUT2D eigenvalue weighted by Crippen LogP contribution is 2.35. The number of carbonyl (C=O) groups excluding carboxylic acids is 1. The number of rotatable bonds is 8. The molecule has 1 amide bonds. The molecule has 1 N–H and O–H groups in total. The van der Waals surface area contributed by atoms with Gasteiger partial charge in [-0.3, -0.25) is 4.79 Å². The topological polar surface area (TPSA) is 115 Å². The molecule has 2 heterocycles. The van der Waals surface area contributed by atoms with Crippen molar-refractivity contribution < 1.29 is 32.8 Å². The van der Waals surface area contributed by atoms with Crippen molar-refractivity contribution in [1.82, 2.24) is 15.0 Å². The van der Waals surface area contributed by atoms with E-state index in [4.69, 9.17) is 18.1 Å². The van der Waals surface area contributed by atoms with Gasteiger partial charge in [-0.2, -0.15) is 0 Å². The van der Waals surface area contributed by atoms with Gasteiger partial charge in [0.2, 0.25) is 0 Å². The fourth-order valence-electron chi connectivity index (χ4n) is 4.17. The lowest BCUT2D eigenvalue weighted by Crippen LogP contribution is -2.36. The number of carboxylic acids is 1. The van der Waals surface area contributed by atoms with E-state index in [0.29, 0.717) is 41.3 Å². The average Bonchev–Trinajstić information content (AvgIpc) is 3.61. The molecule has 0 radical (unpaired) electrons. The molecule has 2 aliphatic rings. The van der Waals surface area contributed by atoms with Gasteiger partial charge in [-0.05, 0) is 70.4 Å². The highest BCUT2D eigenvalue weighted by atomic mass is 16.6. The zero-order valence-corrected chi connectivity index (χ0v) is 18.8. The number of hydrogen-bond donors (Lipinski definition) is 1. The number of aryl methyl sites for hydroxylation is 1. The predicted octanol–water partition coefficient (Wildman–Crippen LogP) is 4.43. The van der Waals surface area contributed by atoms with Gasteiger partial charge in [0.1, 0.15) is 18.1 Å².